The smallest absolute Gasteiger partial charge is 0.408 e. The van der Waals surface area contributed by atoms with Gasteiger partial charge in [-0.3, -0.25) is 9.59 Å². The van der Waals surface area contributed by atoms with E-state index in [-0.39, 0.29) is 25.5 Å². The second-order valence-electron chi connectivity index (χ2n) is 12.3. The van der Waals surface area contributed by atoms with Crippen LogP contribution in [0, 0.1) is 0 Å². The molecule has 0 unspecified atom stereocenters. The van der Waals surface area contributed by atoms with Gasteiger partial charge < -0.3 is 30.3 Å². The van der Waals surface area contributed by atoms with Crippen molar-refractivity contribution in [2.45, 2.75) is 83.6 Å². The predicted molar refractivity (Wildman–Crippen MR) is 178 cm³/mol. The van der Waals surface area contributed by atoms with E-state index in [1.807, 2.05) is 71.6 Å². The maximum Gasteiger partial charge on any atom is 0.408 e. The molecule has 1 heterocycles. The molecule has 3 rings (SSSR count). The van der Waals surface area contributed by atoms with Gasteiger partial charge in [0.1, 0.15) is 18.2 Å². The van der Waals surface area contributed by atoms with Crippen molar-refractivity contribution in [2.75, 3.05) is 19.6 Å². The lowest BCUT2D eigenvalue weighted by atomic mass is 10.0. The van der Waals surface area contributed by atoms with E-state index in [9.17, 15) is 19.2 Å². The Hall–Kier alpha value is -4.60. The van der Waals surface area contributed by atoms with Gasteiger partial charge in [-0.1, -0.05) is 78.9 Å². The summed E-state index contributed by atoms with van der Waals surface area (Å²) in [5, 5.41) is 8.42. The zero-order chi connectivity index (χ0) is 33.2. The van der Waals surface area contributed by atoms with Crippen LogP contribution < -0.4 is 16.0 Å². The first kappa shape index (κ1) is 35.9. The summed E-state index contributed by atoms with van der Waals surface area (Å²) in [7, 11) is 0. The van der Waals surface area contributed by atoms with Crippen molar-refractivity contribution in [3.8, 4) is 0 Å². The van der Waals surface area contributed by atoms with Crippen molar-refractivity contribution >= 4 is 24.0 Å². The van der Waals surface area contributed by atoms with Gasteiger partial charge in [0.25, 0.3) is 0 Å². The van der Waals surface area contributed by atoms with E-state index in [0.29, 0.717) is 12.8 Å². The Bertz CT molecular complexity index is 1300. The average molecular weight is 633 g/mol. The van der Waals surface area contributed by atoms with Crippen LogP contribution in [-0.4, -0.2) is 66.2 Å². The lowest BCUT2D eigenvalue weighted by Gasteiger charge is -2.25. The van der Waals surface area contributed by atoms with Crippen LogP contribution >= 0.6 is 0 Å². The number of benzene rings is 2. The molecule has 0 bridgehead atoms. The van der Waals surface area contributed by atoms with Crippen LogP contribution in [0.4, 0.5) is 9.59 Å². The molecule has 0 aromatic heterocycles. The van der Waals surface area contributed by atoms with Crippen molar-refractivity contribution in [2.24, 2.45) is 0 Å². The molecule has 46 heavy (non-hydrogen) atoms. The number of carbonyl (C=O) groups excluding carboxylic acids is 4. The van der Waals surface area contributed by atoms with Crippen molar-refractivity contribution in [3.05, 3.63) is 96.1 Å². The minimum Gasteiger partial charge on any atom is -0.445 e. The molecule has 2 aromatic carbocycles. The topological polar surface area (TPSA) is 126 Å². The number of alkyl carbamates (subject to hydrolysis) is 2. The number of nitrogens with zero attached hydrogens (tertiary/aromatic N) is 1. The third kappa shape index (κ3) is 14.5. The Balaban J connectivity index is 1.62. The first-order chi connectivity index (χ1) is 22.1. The molecular formula is C36H48N4O6. The number of allylic oxidation sites excluding steroid dienone is 2. The second kappa shape index (κ2) is 19.0. The summed E-state index contributed by atoms with van der Waals surface area (Å²) >= 11 is 0. The molecule has 0 spiro atoms. The molecule has 248 valence electrons. The monoisotopic (exact) mass is 632 g/mol. The Morgan fingerprint density at radius 3 is 2.15 bits per heavy atom. The van der Waals surface area contributed by atoms with Crippen molar-refractivity contribution in [3.63, 3.8) is 0 Å². The zero-order valence-corrected chi connectivity index (χ0v) is 27.2. The highest BCUT2D eigenvalue weighted by Crippen LogP contribution is 2.11. The van der Waals surface area contributed by atoms with Crippen molar-refractivity contribution < 1.29 is 28.7 Å². The summed E-state index contributed by atoms with van der Waals surface area (Å²) in [6, 6.07) is 17.8. The lowest BCUT2D eigenvalue weighted by molar-refractivity contribution is -0.127. The van der Waals surface area contributed by atoms with E-state index < -0.39 is 35.8 Å². The van der Waals surface area contributed by atoms with Crippen molar-refractivity contribution in [1.82, 2.24) is 20.9 Å². The molecule has 4 amide bonds. The standard InChI is InChI=1S/C36H48N4O6/c1-36(2,3)46-35(44)39-31(21-15-23-37-34(43)45-27-29-18-9-5-10-19-29)33(42)38-30(26-28-16-7-4-8-17-28)20-11-12-22-32(41)40-24-13-6-14-25-40/h4-5,7-12,16-20,22,30-31H,6,13-15,21,23-27H2,1-3H3,(H,37,43)(H,38,42)(H,39,44)/b20-11+,22-12+/t30-,31-/m1/s1. The minimum absolute atomic E-state index is 0.0211. The van der Waals surface area contributed by atoms with Gasteiger partial charge in [-0.25, -0.2) is 9.59 Å². The Labute approximate surface area is 272 Å². The summed E-state index contributed by atoms with van der Waals surface area (Å²) in [4.78, 5) is 52.8. The SMILES string of the molecule is CC(C)(C)OC(=O)N[C@H](CCCNC(=O)OCc1ccccc1)C(=O)N[C@H](/C=C/C=C/C(=O)N1CCCCC1)Cc1ccccc1. The first-order valence-electron chi connectivity index (χ1n) is 16.0. The molecule has 1 aliphatic heterocycles. The zero-order valence-electron chi connectivity index (χ0n) is 27.2. The molecule has 2 atom stereocenters. The van der Waals surface area contributed by atoms with E-state index in [4.69, 9.17) is 9.47 Å². The molecule has 10 heteroatoms. The van der Waals surface area contributed by atoms with E-state index >= 15 is 0 Å². The van der Waals surface area contributed by atoms with Crippen LogP contribution in [0.1, 0.15) is 64.0 Å². The van der Waals surface area contributed by atoms with Crippen molar-refractivity contribution in [1.29, 1.82) is 0 Å². The summed E-state index contributed by atoms with van der Waals surface area (Å²) in [5.74, 6) is -0.413. The van der Waals surface area contributed by atoms with E-state index in [2.05, 4.69) is 16.0 Å². The quantitative estimate of drug-likeness (QED) is 0.145. The molecule has 0 radical (unpaired) electrons. The maximum atomic E-state index is 13.6. The van der Waals surface area contributed by atoms with Crippen LogP contribution in [0.25, 0.3) is 0 Å². The number of hydrogen-bond acceptors (Lipinski definition) is 6. The maximum absolute atomic E-state index is 13.6. The van der Waals surface area contributed by atoms with Crippen LogP contribution in [0.5, 0.6) is 0 Å². The number of nitrogens with one attached hydrogen (secondary N) is 3. The largest absolute Gasteiger partial charge is 0.445 e. The van der Waals surface area contributed by atoms with Gasteiger partial charge in [0, 0.05) is 25.7 Å². The van der Waals surface area contributed by atoms with Gasteiger partial charge in [0.05, 0.1) is 6.04 Å². The van der Waals surface area contributed by atoms with Crippen LogP contribution in [0.3, 0.4) is 0 Å². The molecule has 1 saturated heterocycles. The average Bonchev–Trinajstić information content (AvgIpc) is 3.03. The van der Waals surface area contributed by atoms with Gasteiger partial charge >= 0.3 is 12.2 Å². The number of rotatable bonds is 14. The van der Waals surface area contributed by atoms with Crippen LogP contribution in [0.2, 0.25) is 0 Å². The van der Waals surface area contributed by atoms with E-state index in [1.165, 1.54) is 0 Å². The van der Waals surface area contributed by atoms with Crippen LogP contribution in [-0.2, 0) is 32.1 Å². The third-order valence-electron chi connectivity index (χ3n) is 7.15. The molecule has 0 saturated carbocycles. The summed E-state index contributed by atoms with van der Waals surface area (Å²) in [6.07, 6.45) is 9.90. The second-order valence-corrected chi connectivity index (χ2v) is 12.3. The highest BCUT2D eigenvalue weighted by Gasteiger charge is 2.25. The molecule has 1 fully saturated rings. The van der Waals surface area contributed by atoms with Gasteiger partial charge in [0.2, 0.25) is 11.8 Å². The number of piperidine rings is 1. The Morgan fingerprint density at radius 2 is 1.50 bits per heavy atom. The number of carbonyl (C=O) groups is 4. The molecule has 0 aliphatic carbocycles. The highest BCUT2D eigenvalue weighted by atomic mass is 16.6. The number of likely N-dealkylation sites (tertiary alicyclic amines) is 1. The predicted octanol–water partition coefficient (Wildman–Crippen LogP) is 5.44. The summed E-state index contributed by atoms with van der Waals surface area (Å²) < 4.78 is 10.7. The van der Waals surface area contributed by atoms with Gasteiger partial charge in [0.15, 0.2) is 0 Å². The van der Waals surface area contributed by atoms with Crippen LogP contribution in [0.15, 0.2) is 85.0 Å². The molecule has 2 aromatic rings. The number of hydrogen-bond donors (Lipinski definition) is 3. The number of amides is 4. The molecule has 1 aliphatic rings. The lowest BCUT2D eigenvalue weighted by Crippen LogP contribution is -2.51. The molecular weight excluding hydrogens is 584 g/mol. The Morgan fingerprint density at radius 1 is 0.848 bits per heavy atom. The van der Waals surface area contributed by atoms with E-state index in [0.717, 1.165) is 43.5 Å². The summed E-state index contributed by atoms with van der Waals surface area (Å²) in [5.41, 5.74) is 1.14. The molecule has 10 nitrogen and oxygen atoms in total. The highest BCUT2D eigenvalue weighted by molar-refractivity contribution is 5.88. The number of ether oxygens (including phenoxy) is 2. The fourth-order valence-corrected chi connectivity index (χ4v) is 4.86. The van der Waals surface area contributed by atoms with E-state index in [1.54, 1.807) is 39.0 Å². The first-order valence-corrected chi connectivity index (χ1v) is 16.0. The normalized spacial score (nSPS) is 14.8. The summed E-state index contributed by atoms with van der Waals surface area (Å²) in [6.45, 7) is 7.18. The fourth-order valence-electron chi connectivity index (χ4n) is 4.86. The Kier molecular flexibility index (Phi) is 14.8. The van der Waals surface area contributed by atoms with Gasteiger partial charge in [-0.15, -0.1) is 0 Å². The van der Waals surface area contributed by atoms with Gasteiger partial charge in [-0.2, -0.15) is 0 Å². The third-order valence-corrected chi connectivity index (χ3v) is 7.15. The fraction of sp³-hybridized carbons (Fsp3) is 0.444. The van der Waals surface area contributed by atoms with Gasteiger partial charge in [-0.05, 0) is 70.4 Å². The minimum atomic E-state index is -0.917. The molecule has 3 N–H and O–H groups in total.